The zero-order valence-electron chi connectivity index (χ0n) is 54.9. The Kier molecular flexibility index (Phi) is 60.1. The van der Waals surface area contributed by atoms with E-state index in [0.29, 0.717) is 17.4 Å². The second-order valence-corrected chi connectivity index (χ2v) is 26.4. The van der Waals surface area contributed by atoms with Gasteiger partial charge in [0.2, 0.25) is 5.91 Å². The van der Waals surface area contributed by atoms with Gasteiger partial charge in [-0.2, -0.15) is 0 Å². The number of likely N-dealkylation sites (N-methyl/N-ethyl adjacent to an activating group) is 1. The standard InChI is InChI=1S/C72H135N2O7P/c1-7-10-13-16-19-22-25-28-30-32-33-34-35-36-37-38-39-40-41-43-45-47-50-53-56-59-62-65-72(76)81-70(63-60-57-54-51-48-27-24-21-18-15-12-9-3)69(68-80-82(77,78)79-67-66-74(4,5)6)73-71(75)64-61-58-55-52-49-46-44-42-31-29-26-23-20-17-14-11-8-2/h19,22,28-31,33-34,60,63,69-70H,7-18,20-21,23-27,32,35-59,61-62,64-68H2,1-6H3,(H-,73,75,77,78)/b22-19-,30-28-,31-29+,34-33-,63-60-. The minimum atomic E-state index is -4.70. The van der Waals surface area contributed by atoms with Crippen LogP contribution in [0.3, 0.4) is 0 Å². The molecule has 0 aliphatic rings. The van der Waals surface area contributed by atoms with Crippen LogP contribution in [0.5, 0.6) is 0 Å². The minimum absolute atomic E-state index is 0.0229. The lowest BCUT2D eigenvalue weighted by atomic mass is 10.0. The average Bonchev–Trinajstić information content (AvgIpc) is 3.44. The second kappa shape index (κ2) is 61.8. The maximum Gasteiger partial charge on any atom is 0.306 e. The molecule has 0 saturated heterocycles. The van der Waals surface area contributed by atoms with E-state index in [9.17, 15) is 19.0 Å². The molecule has 0 aliphatic carbocycles. The zero-order valence-corrected chi connectivity index (χ0v) is 55.8. The number of unbranched alkanes of at least 4 members (excludes halogenated alkanes) is 40. The molecule has 0 rings (SSSR count). The zero-order chi connectivity index (χ0) is 60.0. The fourth-order valence-electron chi connectivity index (χ4n) is 10.2. The van der Waals surface area contributed by atoms with Crippen molar-refractivity contribution in [1.29, 1.82) is 0 Å². The predicted octanol–water partition coefficient (Wildman–Crippen LogP) is 21.5. The number of carbonyl (C=O) groups is 2. The molecule has 0 aromatic carbocycles. The molecule has 3 unspecified atom stereocenters. The fraction of sp³-hybridized carbons (Fsp3) is 0.833. The van der Waals surface area contributed by atoms with Gasteiger partial charge in [0.15, 0.2) is 0 Å². The maximum absolute atomic E-state index is 13.6. The van der Waals surface area contributed by atoms with Crippen LogP contribution in [0.2, 0.25) is 0 Å². The lowest BCUT2D eigenvalue weighted by Crippen LogP contribution is -2.47. The largest absolute Gasteiger partial charge is 0.756 e. The topological polar surface area (TPSA) is 114 Å². The Labute approximate surface area is 509 Å². The number of phosphoric ester groups is 1. The molecule has 0 aliphatic heterocycles. The normalized spacial score (nSPS) is 13.9. The molecule has 9 nitrogen and oxygen atoms in total. The molecular weight excluding hydrogens is 1040 g/mol. The number of allylic oxidation sites excluding steroid dienone is 9. The van der Waals surface area contributed by atoms with Crippen molar-refractivity contribution >= 4 is 19.7 Å². The van der Waals surface area contributed by atoms with Crippen LogP contribution in [-0.4, -0.2) is 69.4 Å². The Bertz CT molecular complexity index is 1590. The van der Waals surface area contributed by atoms with E-state index in [2.05, 4.69) is 74.7 Å². The Morgan fingerprint density at radius 1 is 0.427 bits per heavy atom. The molecule has 3 atom stereocenters. The molecule has 0 fully saturated rings. The SMILES string of the molecule is CCCCC/C=C\C/C=C\C/C=C\CCCCCCCCCCCCCCCCC(=O)OC(/C=C\CCCCCCCCCCCC)C(COP(=O)([O-])OCC[N+](C)(C)C)NC(=O)CCCCCCCCC/C=C/CCCCCCCC. The van der Waals surface area contributed by atoms with Crippen molar-refractivity contribution in [1.82, 2.24) is 5.32 Å². The first-order valence-corrected chi connectivity index (χ1v) is 36.6. The van der Waals surface area contributed by atoms with Gasteiger partial charge in [0.05, 0.1) is 33.8 Å². The van der Waals surface area contributed by atoms with Crippen LogP contribution in [-0.2, 0) is 27.9 Å². The van der Waals surface area contributed by atoms with Gasteiger partial charge in [-0.25, -0.2) is 0 Å². The number of carbonyl (C=O) groups excluding carboxylic acids is 2. The number of phosphoric acid groups is 1. The van der Waals surface area contributed by atoms with Crippen molar-refractivity contribution in [2.45, 2.75) is 348 Å². The molecule has 10 heteroatoms. The van der Waals surface area contributed by atoms with Gasteiger partial charge in [0.1, 0.15) is 19.3 Å². The van der Waals surface area contributed by atoms with Crippen molar-refractivity contribution in [3.63, 3.8) is 0 Å². The van der Waals surface area contributed by atoms with Crippen molar-refractivity contribution in [3.8, 4) is 0 Å². The van der Waals surface area contributed by atoms with E-state index in [1.54, 1.807) is 0 Å². The molecular formula is C72H135N2O7P. The van der Waals surface area contributed by atoms with Crippen LogP contribution in [0.15, 0.2) is 60.8 Å². The van der Waals surface area contributed by atoms with E-state index >= 15 is 0 Å². The van der Waals surface area contributed by atoms with E-state index in [4.69, 9.17) is 13.8 Å². The first-order valence-electron chi connectivity index (χ1n) is 35.1. The van der Waals surface area contributed by atoms with Crippen molar-refractivity contribution in [2.75, 3.05) is 40.9 Å². The highest BCUT2D eigenvalue weighted by Gasteiger charge is 2.27. The summed E-state index contributed by atoms with van der Waals surface area (Å²) in [6.45, 7) is 6.84. The first kappa shape index (κ1) is 79.7. The van der Waals surface area contributed by atoms with E-state index in [0.717, 1.165) is 83.5 Å². The third-order valence-electron chi connectivity index (χ3n) is 15.7. The number of esters is 1. The quantitative estimate of drug-likeness (QED) is 0.0212. The van der Waals surface area contributed by atoms with Crippen LogP contribution < -0.4 is 10.2 Å². The summed E-state index contributed by atoms with van der Waals surface area (Å²) < 4.78 is 30.4. The van der Waals surface area contributed by atoms with E-state index in [-0.39, 0.29) is 31.5 Å². The molecule has 0 bridgehead atoms. The molecule has 0 heterocycles. The lowest BCUT2D eigenvalue weighted by molar-refractivity contribution is -0.870. The Hall–Kier alpha value is -2.29. The monoisotopic (exact) mass is 1170 g/mol. The third-order valence-corrected chi connectivity index (χ3v) is 16.6. The number of nitrogens with one attached hydrogen (secondary N) is 1. The summed E-state index contributed by atoms with van der Waals surface area (Å²) in [6.07, 6.45) is 79.1. The molecule has 1 N–H and O–H groups in total. The Morgan fingerprint density at radius 2 is 0.744 bits per heavy atom. The fourth-order valence-corrected chi connectivity index (χ4v) is 11.0. The van der Waals surface area contributed by atoms with Crippen LogP contribution in [0, 0.1) is 0 Å². The highest BCUT2D eigenvalue weighted by Crippen LogP contribution is 2.38. The number of rotatable bonds is 64. The van der Waals surface area contributed by atoms with Gasteiger partial charge in [-0.1, -0.05) is 287 Å². The van der Waals surface area contributed by atoms with Crippen molar-refractivity contribution in [3.05, 3.63) is 60.8 Å². The van der Waals surface area contributed by atoms with Crippen LogP contribution >= 0.6 is 7.82 Å². The van der Waals surface area contributed by atoms with Gasteiger partial charge < -0.3 is 28.5 Å². The van der Waals surface area contributed by atoms with E-state index < -0.39 is 20.0 Å². The molecule has 0 saturated carbocycles. The van der Waals surface area contributed by atoms with Crippen molar-refractivity contribution < 1.29 is 37.3 Å². The number of quaternary nitrogens is 1. The minimum Gasteiger partial charge on any atom is -0.756 e. The summed E-state index contributed by atoms with van der Waals surface area (Å²) in [7, 11) is 1.19. The van der Waals surface area contributed by atoms with Gasteiger partial charge in [0.25, 0.3) is 7.82 Å². The number of nitrogens with zero attached hydrogens (tertiary/aromatic N) is 1. The third kappa shape index (κ3) is 62.2. The van der Waals surface area contributed by atoms with E-state index in [1.807, 2.05) is 33.3 Å². The van der Waals surface area contributed by atoms with Gasteiger partial charge in [-0.05, 0) is 96.0 Å². The smallest absolute Gasteiger partial charge is 0.306 e. The van der Waals surface area contributed by atoms with Gasteiger partial charge in [-0.15, -0.1) is 0 Å². The number of amides is 1. The van der Waals surface area contributed by atoms with Crippen LogP contribution in [0.1, 0.15) is 335 Å². The van der Waals surface area contributed by atoms with Crippen molar-refractivity contribution in [2.24, 2.45) is 0 Å². The molecule has 82 heavy (non-hydrogen) atoms. The summed E-state index contributed by atoms with van der Waals surface area (Å²) in [5.41, 5.74) is 0. The van der Waals surface area contributed by atoms with Crippen LogP contribution in [0.4, 0.5) is 0 Å². The molecule has 480 valence electrons. The molecule has 0 radical (unpaired) electrons. The summed E-state index contributed by atoms with van der Waals surface area (Å²) in [5.74, 6) is -0.535. The summed E-state index contributed by atoms with van der Waals surface area (Å²) >= 11 is 0. The second-order valence-electron chi connectivity index (χ2n) is 25.0. The number of hydrogen-bond donors (Lipinski definition) is 1. The predicted molar refractivity (Wildman–Crippen MR) is 353 cm³/mol. The molecule has 0 spiro atoms. The van der Waals surface area contributed by atoms with E-state index in [1.165, 1.54) is 218 Å². The van der Waals surface area contributed by atoms with Gasteiger partial charge in [-0.3, -0.25) is 14.2 Å². The van der Waals surface area contributed by atoms with Crippen LogP contribution in [0.25, 0.3) is 0 Å². The average molecular weight is 1170 g/mol. The van der Waals surface area contributed by atoms with Gasteiger partial charge in [0, 0.05) is 12.8 Å². The summed E-state index contributed by atoms with van der Waals surface area (Å²) in [4.78, 5) is 40.1. The first-order chi connectivity index (χ1) is 39.9. The highest BCUT2D eigenvalue weighted by molar-refractivity contribution is 7.45. The maximum atomic E-state index is 13.6. The number of hydrogen-bond acceptors (Lipinski definition) is 7. The summed E-state index contributed by atoms with van der Waals surface area (Å²) in [6, 6.07) is -0.891. The summed E-state index contributed by atoms with van der Waals surface area (Å²) in [5, 5.41) is 3.04. The Morgan fingerprint density at radius 3 is 1.15 bits per heavy atom. The molecule has 0 aromatic heterocycles. The lowest BCUT2D eigenvalue weighted by Gasteiger charge is -2.30. The van der Waals surface area contributed by atoms with Gasteiger partial charge >= 0.3 is 5.97 Å². The highest BCUT2D eigenvalue weighted by atomic mass is 31.2. The molecule has 1 amide bonds. The molecule has 0 aromatic rings. The number of ether oxygens (including phenoxy) is 1. The Balaban J connectivity index is 5.03.